The van der Waals surface area contributed by atoms with Crippen molar-refractivity contribution in [1.82, 2.24) is 0 Å². The lowest BCUT2D eigenvalue weighted by molar-refractivity contribution is -0.136. The van der Waals surface area contributed by atoms with Gasteiger partial charge in [0.25, 0.3) is 1.43 Å². The third-order valence-electron chi connectivity index (χ3n) is 1.28. The number of hydrogen-bond donors (Lipinski definition) is 2. The zero-order valence-electron chi connectivity index (χ0n) is 6.78. The highest BCUT2D eigenvalue weighted by Gasteiger charge is 1.98. The van der Waals surface area contributed by atoms with Gasteiger partial charge in [-0.15, -0.1) is 0 Å². The van der Waals surface area contributed by atoms with Crippen LogP contribution in [0.4, 0.5) is 0 Å². The van der Waals surface area contributed by atoms with Crippen molar-refractivity contribution >= 4 is 5.97 Å². The Kier molecular flexibility index (Phi) is 1.73. The van der Waals surface area contributed by atoms with Crippen LogP contribution in [0.15, 0.2) is 24.3 Å². The fourth-order valence-electron chi connectivity index (χ4n) is 0.780. The summed E-state index contributed by atoms with van der Waals surface area (Å²) in [7, 11) is 0. The van der Waals surface area contributed by atoms with Crippen LogP contribution in [0.2, 0.25) is 0 Å². The number of phenolic OH excluding ortho intramolecular Hbond substituents is 1. The molecule has 3 nitrogen and oxygen atoms in total. The van der Waals surface area contributed by atoms with E-state index >= 15 is 0 Å². The molecule has 0 unspecified atom stereocenters. The molecule has 0 saturated carbocycles. The Morgan fingerprint density at radius 1 is 1.45 bits per heavy atom. The van der Waals surface area contributed by atoms with Crippen LogP contribution in [-0.4, -0.2) is 16.2 Å². The van der Waals surface area contributed by atoms with E-state index < -0.39 is 5.97 Å². The highest BCUT2D eigenvalue weighted by molar-refractivity contribution is 5.70. The lowest BCUT2D eigenvalue weighted by Gasteiger charge is -1.95. The van der Waals surface area contributed by atoms with Crippen molar-refractivity contribution in [2.45, 2.75) is 6.42 Å². The van der Waals surface area contributed by atoms with Crippen LogP contribution >= 0.6 is 0 Å². The second-order valence-corrected chi connectivity index (χ2v) is 2.22. The first-order chi connectivity index (χ1) is 5.72. The minimum atomic E-state index is -0.610. The molecule has 0 spiro atoms. The lowest BCUT2D eigenvalue weighted by Crippen LogP contribution is -1.98. The average Bonchev–Trinajstić information content (AvgIpc) is 2.09. The third-order valence-corrected chi connectivity index (χ3v) is 1.28. The first-order valence-electron chi connectivity index (χ1n) is 3.57. The smallest absolute Gasteiger partial charge is 0.307 e. The number of aromatic hydroxyl groups is 1. The molecule has 1 aromatic rings. The largest absolute Gasteiger partial charge is 0.508 e. The normalized spacial score (nSPS) is 10.4. The highest BCUT2D eigenvalue weighted by atomic mass is 16.4. The van der Waals surface area contributed by atoms with E-state index in [4.69, 9.17) is 6.54 Å². The number of aliphatic carboxylic acids is 1. The van der Waals surface area contributed by atoms with E-state index in [9.17, 15) is 4.79 Å². The van der Waals surface area contributed by atoms with Crippen LogP contribution in [0, 0.1) is 0 Å². The monoisotopic (exact) mass is 153 g/mol. The molecule has 3 heteroatoms. The van der Waals surface area contributed by atoms with E-state index in [1.54, 1.807) is 12.1 Å². The molecule has 0 aliphatic heterocycles. The van der Waals surface area contributed by atoms with Crippen molar-refractivity contribution in [3.8, 4) is 5.75 Å². The molecule has 0 bridgehead atoms. The summed E-state index contributed by atoms with van der Waals surface area (Å²) in [4.78, 5) is 10.6. The van der Waals surface area contributed by atoms with Crippen molar-refractivity contribution < 1.29 is 15.0 Å². The number of rotatable bonds is 2. The van der Waals surface area contributed by atoms with Crippen LogP contribution in [-0.2, 0) is 11.2 Å². The zero-order valence-corrected chi connectivity index (χ0v) is 5.78. The molecule has 0 heterocycles. The topological polar surface area (TPSA) is 57.5 Å². The fourth-order valence-corrected chi connectivity index (χ4v) is 0.780. The van der Waals surface area contributed by atoms with E-state index in [1.165, 1.54) is 12.1 Å². The van der Waals surface area contributed by atoms with Gasteiger partial charge in [0.05, 0.1) is 6.42 Å². The van der Waals surface area contributed by atoms with Crippen LogP contribution in [0.3, 0.4) is 0 Å². The molecular formula is C8H8O3. The SMILES string of the molecule is [2H]OC(=O)Cc1ccc(O)cc1. The maximum atomic E-state index is 10.6. The summed E-state index contributed by atoms with van der Waals surface area (Å²) >= 11 is 0. The molecule has 0 aromatic heterocycles. The van der Waals surface area contributed by atoms with Gasteiger partial charge in [-0.25, -0.2) is 0 Å². The van der Waals surface area contributed by atoms with Crippen molar-refractivity contribution in [2.75, 3.05) is 0 Å². The lowest BCUT2D eigenvalue weighted by atomic mass is 10.1. The third kappa shape index (κ3) is 2.29. The van der Waals surface area contributed by atoms with Crippen molar-refractivity contribution in [3.63, 3.8) is 0 Å². The van der Waals surface area contributed by atoms with Gasteiger partial charge >= 0.3 is 5.97 Å². The Morgan fingerprint density at radius 3 is 2.64 bits per heavy atom. The van der Waals surface area contributed by atoms with Gasteiger partial charge in [-0.05, 0) is 17.7 Å². The number of carbonyl (C=O) groups is 1. The molecule has 0 saturated heterocycles. The van der Waals surface area contributed by atoms with Gasteiger partial charge in [0.1, 0.15) is 5.75 Å². The zero-order chi connectivity index (χ0) is 8.97. The molecule has 0 aliphatic carbocycles. The summed E-state index contributed by atoms with van der Waals surface area (Å²) in [5, 5.41) is 12.6. The highest BCUT2D eigenvalue weighted by Crippen LogP contribution is 2.09. The van der Waals surface area contributed by atoms with Crippen LogP contribution in [0.25, 0.3) is 1.43 Å². The van der Waals surface area contributed by atoms with Crippen molar-refractivity contribution in [2.24, 2.45) is 0 Å². The fraction of sp³-hybridized carbons (Fsp3) is 0.125. The molecule has 0 radical (unpaired) electrons. The second kappa shape index (κ2) is 3.05. The summed E-state index contributed by atoms with van der Waals surface area (Å²) < 4.78 is 6.30. The summed E-state index contributed by atoms with van der Waals surface area (Å²) in [6.45, 7) is 0. The van der Waals surface area contributed by atoms with Gasteiger partial charge in [-0.1, -0.05) is 12.1 Å². The summed E-state index contributed by atoms with van der Waals surface area (Å²) in [5.41, 5.74) is 0.713. The number of phenols is 1. The Morgan fingerprint density at radius 2 is 2.09 bits per heavy atom. The molecule has 58 valence electrons. The van der Waals surface area contributed by atoms with Crippen LogP contribution < -0.4 is 0 Å². The average molecular weight is 153 g/mol. The number of carboxylic acids is 1. The Labute approximate surface area is 65.4 Å². The molecule has 0 atom stereocenters. The predicted octanol–water partition coefficient (Wildman–Crippen LogP) is 1.02. The van der Waals surface area contributed by atoms with Crippen molar-refractivity contribution in [1.29, 1.82) is 1.43 Å². The minimum Gasteiger partial charge on any atom is -0.508 e. The van der Waals surface area contributed by atoms with Gasteiger partial charge in [-0.3, -0.25) is 4.79 Å². The molecule has 1 rings (SSSR count). The van der Waals surface area contributed by atoms with Crippen LogP contribution in [0.5, 0.6) is 5.75 Å². The van der Waals surface area contributed by atoms with E-state index in [1.807, 2.05) is 0 Å². The quantitative estimate of drug-likeness (QED) is 0.666. The molecule has 11 heavy (non-hydrogen) atoms. The Bertz CT molecular complexity index is 268. The maximum absolute atomic E-state index is 10.6. The van der Waals surface area contributed by atoms with Crippen LogP contribution in [0.1, 0.15) is 5.56 Å². The predicted molar refractivity (Wildman–Crippen MR) is 39.4 cm³/mol. The molecule has 2 N–H and O–H groups in total. The number of benzene rings is 1. The summed E-state index contributed by atoms with van der Waals surface area (Å²) in [6.07, 6.45) is 0.0593. The summed E-state index contributed by atoms with van der Waals surface area (Å²) in [6, 6.07) is 6.16. The molecule has 0 aliphatic rings. The Hall–Kier alpha value is -1.51. The number of carboxylic acid groups (broad SMARTS) is 1. The molecule has 0 amide bonds. The molecule has 1 aromatic carbocycles. The molecular weight excluding hydrogens is 144 g/mol. The first-order valence-corrected chi connectivity index (χ1v) is 3.16. The summed E-state index contributed by atoms with van der Waals surface area (Å²) in [5.74, 6) is -0.460. The second-order valence-electron chi connectivity index (χ2n) is 2.22. The van der Waals surface area contributed by atoms with E-state index in [-0.39, 0.29) is 12.2 Å². The maximum Gasteiger partial charge on any atom is 0.307 e. The van der Waals surface area contributed by atoms with E-state index in [2.05, 4.69) is 5.11 Å². The van der Waals surface area contributed by atoms with Gasteiger partial charge in [0.2, 0.25) is 0 Å². The van der Waals surface area contributed by atoms with E-state index in [0.717, 1.165) is 0 Å². The van der Waals surface area contributed by atoms with Crippen molar-refractivity contribution in [3.05, 3.63) is 29.8 Å². The first kappa shape index (κ1) is 6.22. The van der Waals surface area contributed by atoms with Gasteiger partial charge in [0.15, 0.2) is 0 Å². The standard InChI is InChI=1S/C8H8O3/c9-7-3-1-6(2-4-7)5-8(10)11/h1-4,9H,5H2,(H,10,11)/i/hD. The van der Waals surface area contributed by atoms with E-state index in [0.29, 0.717) is 5.56 Å². The number of hydrogen-bond acceptors (Lipinski definition) is 3. The molecule has 0 fully saturated rings. The van der Waals surface area contributed by atoms with Gasteiger partial charge in [0, 0.05) is 0 Å². The van der Waals surface area contributed by atoms with Gasteiger partial charge in [-0.2, -0.15) is 0 Å². The van der Waals surface area contributed by atoms with Gasteiger partial charge < -0.3 is 10.2 Å². The Balaban J connectivity index is 2.64. The minimum absolute atomic E-state index is 0.0593.